The van der Waals surface area contributed by atoms with Crippen LogP contribution in [-0.4, -0.2) is 48.1 Å². The van der Waals surface area contributed by atoms with E-state index in [1.54, 1.807) is 19.2 Å². The van der Waals surface area contributed by atoms with Crippen LogP contribution in [-0.2, 0) is 4.79 Å². The maximum Gasteiger partial charge on any atom is 0.263 e. The number of hydrogen-bond donors (Lipinski definition) is 0. The number of aromatic nitrogens is 1. The van der Waals surface area contributed by atoms with Gasteiger partial charge in [0.15, 0.2) is 6.10 Å². The van der Waals surface area contributed by atoms with Crippen molar-refractivity contribution in [2.24, 2.45) is 0 Å². The third-order valence-corrected chi connectivity index (χ3v) is 4.62. The van der Waals surface area contributed by atoms with Gasteiger partial charge in [0, 0.05) is 32.4 Å². The maximum absolute atomic E-state index is 12.7. The molecule has 1 aromatic carbocycles. The molecular weight excluding hydrogens is 338 g/mol. The second-order valence-electron chi connectivity index (χ2n) is 6.19. The number of anilines is 1. The molecule has 0 bridgehead atoms. The van der Waals surface area contributed by atoms with Crippen LogP contribution in [0.15, 0.2) is 42.6 Å². The standard InChI is InChI=1S/C19H22ClN3O2/c1-14-6-7-16(20)17(13-14)25-15(2)19(24)23-11-9-22(10-12-23)18-5-3-4-8-21-18/h3-8,13,15H,9-12H2,1-2H3/t15-/m0/s1. The van der Waals surface area contributed by atoms with Crippen molar-refractivity contribution in [1.82, 2.24) is 9.88 Å². The van der Waals surface area contributed by atoms with E-state index in [0.29, 0.717) is 23.9 Å². The Balaban J connectivity index is 1.57. The Labute approximate surface area is 153 Å². The molecule has 1 amide bonds. The van der Waals surface area contributed by atoms with E-state index in [4.69, 9.17) is 16.3 Å². The van der Waals surface area contributed by atoms with Gasteiger partial charge in [-0.05, 0) is 43.7 Å². The molecular formula is C19H22ClN3O2. The number of hydrogen-bond acceptors (Lipinski definition) is 4. The van der Waals surface area contributed by atoms with Gasteiger partial charge in [0.05, 0.1) is 5.02 Å². The summed E-state index contributed by atoms with van der Waals surface area (Å²) in [6.07, 6.45) is 1.22. The van der Waals surface area contributed by atoms with Gasteiger partial charge in [0.25, 0.3) is 5.91 Å². The summed E-state index contributed by atoms with van der Waals surface area (Å²) >= 11 is 6.15. The number of piperazine rings is 1. The SMILES string of the molecule is Cc1ccc(Cl)c(O[C@@H](C)C(=O)N2CCN(c3ccccn3)CC2)c1. The zero-order chi connectivity index (χ0) is 17.8. The molecule has 2 aromatic rings. The van der Waals surface area contributed by atoms with E-state index < -0.39 is 6.10 Å². The Morgan fingerprint density at radius 1 is 1.20 bits per heavy atom. The van der Waals surface area contributed by atoms with Gasteiger partial charge < -0.3 is 14.5 Å². The summed E-state index contributed by atoms with van der Waals surface area (Å²) in [5, 5.41) is 0.519. The van der Waals surface area contributed by atoms with Gasteiger partial charge in [-0.25, -0.2) is 4.98 Å². The molecule has 0 spiro atoms. The van der Waals surface area contributed by atoms with E-state index >= 15 is 0 Å². The number of benzene rings is 1. The smallest absolute Gasteiger partial charge is 0.263 e. The minimum atomic E-state index is -0.569. The highest BCUT2D eigenvalue weighted by Crippen LogP contribution is 2.26. The second kappa shape index (κ2) is 7.74. The first-order chi connectivity index (χ1) is 12.0. The molecule has 2 heterocycles. The van der Waals surface area contributed by atoms with Gasteiger partial charge >= 0.3 is 0 Å². The van der Waals surface area contributed by atoms with Crippen molar-refractivity contribution in [3.05, 3.63) is 53.2 Å². The lowest BCUT2D eigenvalue weighted by molar-refractivity contribution is -0.138. The van der Waals surface area contributed by atoms with Crippen LogP contribution in [0, 0.1) is 6.92 Å². The zero-order valence-electron chi connectivity index (χ0n) is 14.5. The molecule has 0 saturated carbocycles. The largest absolute Gasteiger partial charge is 0.479 e. The summed E-state index contributed by atoms with van der Waals surface area (Å²) in [7, 11) is 0. The number of amides is 1. The number of rotatable bonds is 4. The fourth-order valence-corrected chi connectivity index (χ4v) is 3.06. The Kier molecular flexibility index (Phi) is 5.43. The van der Waals surface area contributed by atoms with Crippen molar-refractivity contribution in [3.63, 3.8) is 0 Å². The molecule has 5 nitrogen and oxygen atoms in total. The number of nitrogens with zero attached hydrogens (tertiary/aromatic N) is 3. The molecule has 1 saturated heterocycles. The highest BCUT2D eigenvalue weighted by Gasteiger charge is 2.26. The lowest BCUT2D eigenvalue weighted by Crippen LogP contribution is -2.52. The highest BCUT2D eigenvalue weighted by molar-refractivity contribution is 6.32. The number of halogens is 1. The fraction of sp³-hybridized carbons (Fsp3) is 0.368. The molecule has 0 unspecified atom stereocenters. The Bertz CT molecular complexity index is 731. The minimum Gasteiger partial charge on any atom is -0.479 e. The Hall–Kier alpha value is -2.27. The van der Waals surface area contributed by atoms with Crippen LogP contribution in [0.4, 0.5) is 5.82 Å². The normalized spacial score (nSPS) is 15.8. The zero-order valence-corrected chi connectivity index (χ0v) is 15.2. The van der Waals surface area contributed by atoms with E-state index in [0.717, 1.165) is 24.5 Å². The molecule has 0 aliphatic carbocycles. The summed E-state index contributed by atoms with van der Waals surface area (Å²) in [5.41, 5.74) is 1.04. The van der Waals surface area contributed by atoms with E-state index in [-0.39, 0.29) is 5.91 Å². The molecule has 1 fully saturated rings. The first kappa shape index (κ1) is 17.5. The molecule has 25 heavy (non-hydrogen) atoms. The van der Waals surface area contributed by atoms with Crippen LogP contribution in [0.25, 0.3) is 0 Å². The molecule has 1 aliphatic heterocycles. The van der Waals surface area contributed by atoms with Crippen LogP contribution in [0.2, 0.25) is 5.02 Å². The topological polar surface area (TPSA) is 45.7 Å². The number of carbonyl (C=O) groups excluding carboxylic acids is 1. The van der Waals surface area contributed by atoms with Crippen molar-refractivity contribution in [2.75, 3.05) is 31.1 Å². The minimum absolute atomic E-state index is 0.0155. The van der Waals surface area contributed by atoms with Gasteiger partial charge in [-0.2, -0.15) is 0 Å². The predicted octanol–water partition coefficient (Wildman–Crippen LogP) is 3.16. The summed E-state index contributed by atoms with van der Waals surface area (Å²) in [5.74, 6) is 1.48. The summed E-state index contributed by atoms with van der Waals surface area (Å²) < 4.78 is 5.80. The first-order valence-electron chi connectivity index (χ1n) is 8.42. The van der Waals surface area contributed by atoms with Crippen molar-refractivity contribution >= 4 is 23.3 Å². The highest BCUT2D eigenvalue weighted by atomic mass is 35.5. The molecule has 1 aromatic heterocycles. The van der Waals surface area contributed by atoms with Crippen molar-refractivity contribution in [2.45, 2.75) is 20.0 Å². The van der Waals surface area contributed by atoms with E-state index in [9.17, 15) is 4.79 Å². The second-order valence-corrected chi connectivity index (χ2v) is 6.60. The van der Waals surface area contributed by atoms with Crippen LogP contribution >= 0.6 is 11.6 Å². The fourth-order valence-electron chi connectivity index (χ4n) is 2.90. The van der Waals surface area contributed by atoms with Gasteiger partial charge in [0.2, 0.25) is 0 Å². The van der Waals surface area contributed by atoms with Crippen molar-refractivity contribution in [3.8, 4) is 5.75 Å². The number of pyridine rings is 1. The molecule has 1 atom stereocenters. The molecule has 0 N–H and O–H groups in total. The van der Waals surface area contributed by atoms with E-state index in [1.807, 2.05) is 42.2 Å². The molecule has 6 heteroatoms. The first-order valence-corrected chi connectivity index (χ1v) is 8.80. The maximum atomic E-state index is 12.7. The average Bonchev–Trinajstić information content (AvgIpc) is 2.65. The van der Waals surface area contributed by atoms with E-state index in [1.165, 1.54) is 0 Å². The number of ether oxygens (including phenoxy) is 1. The van der Waals surface area contributed by atoms with Gasteiger partial charge in [-0.1, -0.05) is 23.7 Å². The quantitative estimate of drug-likeness (QED) is 0.841. The Morgan fingerprint density at radius 2 is 1.96 bits per heavy atom. The predicted molar refractivity (Wildman–Crippen MR) is 99.3 cm³/mol. The van der Waals surface area contributed by atoms with Crippen LogP contribution in [0.1, 0.15) is 12.5 Å². The summed E-state index contributed by atoms with van der Waals surface area (Å²) in [6.45, 7) is 6.58. The summed E-state index contributed by atoms with van der Waals surface area (Å²) in [6, 6.07) is 11.4. The average molecular weight is 360 g/mol. The monoisotopic (exact) mass is 359 g/mol. The number of carbonyl (C=O) groups is 1. The molecule has 132 valence electrons. The van der Waals surface area contributed by atoms with Crippen molar-refractivity contribution in [1.29, 1.82) is 0 Å². The van der Waals surface area contributed by atoms with Crippen LogP contribution in [0.3, 0.4) is 0 Å². The van der Waals surface area contributed by atoms with Gasteiger partial charge in [-0.3, -0.25) is 4.79 Å². The lowest BCUT2D eigenvalue weighted by atomic mass is 10.2. The molecule has 0 radical (unpaired) electrons. The molecule has 3 rings (SSSR count). The van der Waals surface area contributed by atoms with E-state index in [2.05, 4.69) is 9.88 Å². The lowest BCUT2D eigenvalue weighted by Gasteiger charge is -2.36. The van der Waals surface area contributed by atoms with Gasteiger partial charge in [-0.15, -0.1) is 0 Å². The number of aryl methyl sites for hydroxylation is 1. The van der Waals surface area contributed by atoms with Crippen LogP contribution in [0.5, 0.6) is 5.75 Å². The molecule has 1 aliphatic rings. The Morgan fingerprint density at radius 3 is 2.64 bits per heavy atom. The van der Waals surface area contributed by atoms with Crippen molar-refractivity contribution < 1.29 is 9.53 Å². The van der Waals surface area contributed by atoms with Gasteiger partial charge in [0.1, 0.15) is 11.6 Å². The van der Waals surface area contributed by atoms with Crippen LogP contribution < -0.4 is 9.64 Å². The third-order valence-electron chi connectivity index (χ3n) is 4.30. The third kappa shape index (κ3) is 4.23. The summed E-state index contributed by atoms with van der Waals surface area (Å²) in [4.78, 5) is 21.1.